The number of carbonyl (C=O) groups excluding carboxylic acids is 3. The van der Waals surface area contributed by atoms with Crippen LogP contribution in [0.5, 0.6) is 0 Å². The minimum absolute atomic E-state index is 0.00954. The molecule has 3 amide bonds. The third-order valence-corrected chi connectivity index (χ3v) is 5.99. The van der Waals surface area contributed by atoms with Crippen LogP contribution in [-0.2, 0) is 23.1 Å². The molecular weight excluding hydrogens is 500 g/mol. The van der Waals surface area contributed by atoms with Gasteiger partial charge in [-0.05, 0) is 54.6 Å². The second-order valence-electron chi connectivity index (χ2n) is 8.55. The minimum atomic E-state index is -0.767. The Bertz CT molecular complexity index is 1530. The van der Waals surface area contributed by atoms with Gasteiger partial charge in [0, 0.05) is 43.0 Å². The average molecular weight is 529 g/mol. The first-order valence-corrected chi connectivity index (χ1v) is 12.0. The molecule has 200 valence electrons. The number of amidine groups is 1. The summed E-state index contributed by atoms with van der Waals surface area (Å²) in [5.74, 6) is 0.427. The number of nitrogens with zero attached hydrogens (tertiary/aromatic N) is 5. The molecule has 0 fully saturated rings. The van der Waals surface area contributed by atoms with Crippen molar-refractivity contribution in [3.8, 4) is 0 Å². The number of rotatable bonds is 9. The molecule has 0 saturated carbocycles. The van der Waals surface area contributed by atoms with Gasteiger partial charge >= 0.3 is 6.09 Å². The van der Waals surface area contributed by atoms with E-state index in [0.717, 1.165) is 17.0 Å². The summed E-state index contributed by atoms with van der Waals surface area (Å²) in [6, 6.07) is 17.6. The molecule has 2 heterocycles. The van der Waals surface area contributed by atoms with E-state index in [4.69, 9.17) is 16.5 Å². The molecule has 0 spiro atoms. The normalized spacial score (nSPS) is 11.3. The highest BCUT2D eigenvalue weighted by Gasteiger charge is 2.21. The fourth-order valence-electron chi connectivity index (χ4n) is 3.90. The highest BCUT2D eigenvalue weighted by atomic mass is 16.5. The van der Waals surface area contributed by atoms with Crippen molar-refractivity contribution in [1.29, 1.82) is 0 Å². The van der Waals surface area contributed by atoms with Crippen molar-refractivity contribution in [2.45, 2.75) is 13.0 Å². The third kappa shape index (κ3) is 6.36. The molecule has 0 aliphatic heterocycles. The first-order chi connectivity index (χ1) is 18.8. The van der Waals surface area contributed by atoms with Crippen LogP contribution in [0.15, 0.2) is 71.9 Å². The van der Waals surface area contributed by atoms with Gasteiger partial charge in [0.25, 0.3) is 5.91 Å². The summed E-state index contributed by atoms with van der Waals surface area (Å²) in [5, 5.41) is 3.30. The van der Waals surface area contributed by atoms with Crippen LogP contribution in [-0.4, -0.2) is 51.9 Å². The van der Waals surface area contributed by atoms with Gasteiger partial charge in [0.05, 0.1) is 24.7 Å². The smallest absolute Gasteiger partial charge is 0.435 e. The molecule has 0 unspecified atom stereocenters. The quantitative estimate of drug-likeness (QED) is 0.220. The standard InChI is InChI=1S/C27H28N8O4/c1-34-21-11-8-18(26(37)35(14-12-22(28)36)23-5-3-4-13-30-23)15-20(21)32-24(34)16-31-19-9-6-17(7-10-19)25(29)33-27(38)39-2/h3-11,13,15,31H,12,14,16H2,1-2H3,(H2,28,36)(H2,29,33,38). The number of fused-ring (bicyclic) bond motifs is 1. The van der Waals surface area contributed by atoms with E-state index in [0.29, 0.717) is 29.0 Å². The van der Waals surface area contributed by atoms with E-state index in [2.05, 4.69) is 20.0 Å². The number of aliphatic imine (C=N–C) groups is 1. The number of aromatic nitrogens is 3. The highest BCUT2D eigenvalue weighted by molar-refractivity contribution is 6.07. The van der Waals surface area contributed by atoms with Gasteiger partial charge in [-0.2, -0.15) is 4.99 Å². The first kappa shape index (κ1) is 26.8. The number of aryl methyl sites for hydroxylation is 1. The van der Waals surface area contributed by atoms with E-state index in [-0.39, 0.29) is 24.7 Å². The van der Waals surface area contributed by atoms with Crippen LogP contribution < -0.4 is 21.7 Å². The number of amides is 3. The molecule has 4 rings (SSSR count). The Hall–Kier alpha value is -5.26. The van der Waals surface area contributed by atoms with Gasteiger partial charge in [-0.1, -0.05) is 6.07 Å². The van der Waals surface area contributed by atoms with E-state index < -0.39 is 12.0 Å². The lowest BCUT2D eigenvalue weighted by atomic mass is 10.1. The van der Waals surface area contributed by atoms with Crippen LogP contribution >= 0.6 is 0 Å². The van der Waals surface area contributed by atoms with Crippen molar-refractivity contribution >= 4 is 46.3 Å². The van der Waals surface area contributed by atoms with Crippen LogP contribution in [0.25, 0.3) is 11.0 Å². The van der Waals surface area contributed by atoms with Crippen LogP contribution in [0.3, 0.4) is 0 Å². The third-order valence-electron chi connectivity index (χ3n) is 5.99. The zero-order chi connectivity index (χ0) is 27.9. The lowest BCUT2D eigenvalue weighted by Crippen LogP contribution is -2.34. The predicted molar refractivity (Wildman–Crippen MR) is 147 cm³/mol. The van der Waals surface area contributed by atoms with Crippen LogP contribution in [0.2, 0.25) is 0 Å². The molecule has 12 heteroatoms. The second kappa shape index (κ2) is 11.9. The topological polar surface area (TPSA) is 171 Å². The SMILES string of the molecule is COC(=O)/N=C(/N)c1ccc(NCc2nc3cc(C(=O)N(CCC(N)=O)c4ccccn4)ccc3n2C)cc1. The molecule has 0 aliphatic carbocycles. The number of nitrogens with two attached hydrogens (primary N) is 2. The molecule has 0 atom stereocenters. The zero-order valence-electron chi connectivity index (χ0n) is 21.5. The minimum Gasteiger partial charge on any atom is -0.451 e. The predicted octanol–water partition coefficient (Wildman–Crippen LogP) is 2.57. The van der Waals surface area contributed by atoms with Gasteiger partial charge in [0.1, 0.15) is 17.5 Å². The van der Waals surface area contributed by atoms with Crippen molar-refractivity contribution in [2.24, 2.45) is 23.5 Å². The molecular formula is C27H28N8O4. The lowest BCUT2D eigenvalue weighted by Gasteiger charge is -2.21. The Labute approximate surface area is 224 Å². The Morgan fingerprint density at radius 2 is 1.79 bits per heavy atom. The Morgan fingerprint density at radius 3 is 2.46 bits per heavy atom. The van der Waals surface area contributed by atoms with Crippen molar-refractivity contribution < 1.29 is 19.1 Å². The van der Waals surface area contributed by atoms with Crippen LogP contribution in [0, 0.1) is 0 Å². The molecule has 0 radical (unpaired) electrons. The summed E-state index contributed by atoms with van der Waals surface area (Å²) in [7, 11) is 3.13. The van der Waals surface area contributed by atoms with E-state index in [9.17, 15) is 14.4 Å². The second-order valence-corrected chi connectivity index (χ2v) is 8.55. The maximum absolute atomic E-state index is 13.4. The molecule has 4 aromatic rings. The van der Waals surface area contributed by atoms with Crippen LogP contribution in [0.1, 0.15) is 28.2 Å². The number of imidazole rings is 1. The molecule has 0 aliphatic rings. The lowest BCUT2D eigenvalue weighted by molar-refractivity contribution is -0.117. The number of ether oxygens (including phenoxy) is 1. The molecule has 0 bridgehead atoms. The number of methoxy groups -OCH3 is 1. The van der Waals surface area contributed by atoms with Crippen molar-refractivity contribution in [3.05, 3.63) is 83.8 Å². The van der Waals surface area contributed by atoms with Gasteiger partial charge in [0.2, 0.25) is 5.91 Å². The van der Waals surface area contributed by atoms with Gasteiger partial charge in [-0.15, -0.1) is 0 Å². The zero-order valence-corrected chi connectivity index (χ0v) is 21.5. The number of anilines is 2. The fourth-order valence-corrected chi connectivity index (χ4v) is 3.90. The Morgan fingerprint density at radius 1 is 1.05 bits per heavy atom. The van der Waals surface area contributed by atoms with E-state index >= 15 is 0 Å². The molecule has 0 saturated heterocycles. The largest absolute Gasteiger partial charge is 0.451 e. The summed E-state index contributed by atoms with van der Waals surface area (Å²) in [4.78, 5) is 50.1. The molecule has 2 aromatic carbocycles. The number of hydrogen-bond donors (Lipinski definition) is 3. The number of pyridine rings is 1. The van der Waals surface area contributed by atoms with E-state index in [1.165, 1.54) is 12.0 Å². The number of benzene rings is 2. The summed E-state index contributed by atoms with van der Waals surface area (Å²) in [6.45, 7) is 0.526. The van der Waals surface area contributed by atoms with Gasteiger partial charge in [0.15, 0.2) is 0 Å². The molecule has 5 N–H and O–H groups in total. The number of hydrogen-bond acceptors (Lipinski definition) is 7. The number of carbonyl (C=O) groups is 3. The first-order valence-electron chi connectivity index (χ1n) is 12.0. The molecule has 39 heavy (non-hydrogen) atoms. The van der Waals surface area contributed by atoms with Gasteiger partial charge < -0.3 is 26.1 Å². The van der Waals surface area contributed by atoms with Gasteiger partial charge in [-0.3, -0.25) is 14.5 Å². The maximum Gasteiger partial charge on any atom is 0.435 e. The van der Waals surface area contributed by atoms with E-state index in [1.807, 2.05) is 29.8 Å². The van der Waals surface area contributed by atoms with Crippen molar-refractivity contribution in [1.82, 2.24) is 14.5 Å². The highest BCUT2D eigenvalue weighted by Crippen LogP contribution is 2.21. The molecule has 2 aromatic heterocycles. The summed E-state index contributed by atoms with van der Waals surface area (Å²) >= 11 is 0. The molecule has 12 nitrogen and oxygen atoms in total. The van der Waals surface area contributed by atoms with Crippen molar-refractivity contribution in [2.75, 3.05) is 23.9 Å². The van der Waals surface area contributed by atoms with E-state index in [1.54, 1.807) is 48.7 Å². The summed E-state index contributed by atoms with van der Waals surface area (Å²) in [6.07, 6.45) is 0.825. The maximum atomic E-state index is 13.4. The average Bonchev–Trinajstić information content (AvgIpc) is 3.26. The fraction of sp³-hybridized carbons (Fsp3) is 0.185. The number of primary amides is 1. The summed E-state index contributed by atoms with van der Waals surface area (Å²) in [5.41, 5.74) is 14.5. The summed E-state index contributed by atoms with van der Waals surface area (Å²) < 4.78 is 6.43. The van der Waals surface area contributed by atoms with Crippen molar-refractivity contribution in [3.63, 3.8) is 0 Å². The Kier molecular flexibility index (Phi) is 8.15. The number of nitrogens with one attached hydrogen (secondary N) is 1. The van der Waals surface area contributed by atoms with Crippen LogP contribution in [0.4, 0.5) is 16.3 Å². The monoisotopic (exact) mass is 528 g/mol. The Balaban J connectivity index is 1.51. The van der Waals surface area contributed by atoms with Gasteiger partial charge in [-0.25, -0.2) is 14.8 Å².